The van der Waals surface area contributed by atoms with Crippen LogP contribution in [0.4, 0.5) is 0 Å². The van der Waals surface area contributed by atoms with E-state index in [0.717, 1.165) is 16.9 Å². The van der Waals surface area contributed by atoms with Crippen molar-refractivity contribution < 1.29 is 4.84 Å². The van der Waals surface area contributed by atoms with Crippen LogP contribution in [0.2, 0.25) is 0 Å². The summed E-state index contributed by atoms with van der Waals surface area (Å²) in [6.07, 6.45) is 2.92. The second-order valence-electron chi connectivity index (χ2n) is 4.90. The lowest BCUT2D eigenvalue weighted by Gasteiger charge is -1.99. The number of hydrogen-bond acceptors (Lipinski definition) is 3. The summed E-state index contributed by atoms with van der Waals surface area (Å²) in [4.78, 5) is 7.83. The van der Waals surface area contributed by atoms with Crippen LogP contribution in [-0.2, 0) is 17.9 Å². The fourth-order valence-electron chi connectivity index (χ4n) is 1.75. The lowest BCUT2D eigenvalue weighted by Crippen LogP contribution is -1.89. The third-order valence-electron chi connectivity index (χ3n) is 2.62. The molecule has 0 saturated heterocycles. The summed E-state index contributed by atoms with van der Waals surface area (Å²) in [5.41, 5.74) is 1.13. The topological polar surface area (TPSA) is 21.6 Å². The Morgan fingerprint density at radius 3 is 2.68 bits per heavy atom. The molecule has 1 aromatic carbocycles. The molecule has 0 amide bonds. The predicted molar refractivity (Wildman–Crippen MR) is 81.7 cm³/mol. The molecule has 0 saturated carbocycles. The van der Waals surface area contributed by atoms with Crippen molar-refractivity contribution in [3.63, 3.8) is 0 Å². The van der Waals surface area contributed by atoms with Gasteiger partial charge in [-0.05, 0) is 30.0 Å². The summed E-state index contributed by atoms with van der Waals surface area (Å²) in [5, 5.41) is 4.01. The zero-order chi connectivity index (χ0) is 13.5. The third kappa shape index (κ3) is 4.87. The van der Waals surface area contributed by atoms with Crippen LogP contribution in [0, 0.1) is 5.92 Å². The van der Waals surface area contributed by atoms with E-state index < -0.39 is 0 Å². The first-order chi connectivity index (χ1) is 9.24. The summed E-state index contributed by atoms with van der Waals surface area (Å²) in [6, 6.07) is 14.3. The number of benzene rings is 1. The van der Waals surface area contributed by atoms with Gasteiger partial charge in [-0.15, -0.1) is 11.3 Å². The van der Waals surface area contributed by atoms with E-state index in [9.17, 15) is 0 Å². The predicted octanol–water partition coefficient (Wildman–Crippen LogP) is 4.50. The van der Waals surface area contributed by atoms with Crippen molar-refractivity contribution in [2.24, 2.45) is 11.1 Å². The van der Waals surface area contributed by atoms with E-state index in [0.29, 0.717) is 12.5 Å². The van der Waals surface area contributed by atoms with Gasteiger partial charge < -0.3 is 4.84 Å². The van der Waals surface area contributed by atoms with Crippen LogP contribution >= 0.6 is 11.3 Å². The first kappa shape index (κ1) is 13.8. The Hall–Kier alpha value is -1.61. The van der Waals surface area contributed by atoms with Gasteiger partial charge >= 0.3 is 0 Å². The second kappa shape index (κ2) is 7.10. The van der Waals surface area contributed by atoms with E-state index in [2.05, 4.69) is 31.1 Å². The molecule has 2 rings (SSSR count). The van der Waals surface area contributed by atoms with Gasteiger partial charge in [-0.2, -0.15) is 0 Å². The molecule has 0 radical (unpaired) electrons. The van der Waals surface area contributed by atoms with Crippen molar-refractivity contribution in [2.45, 2.75) is 26.9 Å². The minimum atomic E-state index is 0.515. The van der Waals surface area contributed by atoms with Gasteiger partial charge in [0.25, 0.3) is 0 Å². The summed E-state index contributed by atoms with van der Waals surface area (Å²) < 4.78 is 0. The van der Waals surface area contributed by atoms with E-state index in [1.54, 1.807) is 17.6 Å². The highest BCUT2D eigenvalue weighted by molar-refractivity contribution is 7.13. The molecule has 19 heavy (non-hydrogen) atoms. The maximum atomic E-state index is 5.29. The largest absolute Gasteiger partial charge is 0.391 e. The van der Waals surface area contributed by atoms with E-state index in [1.807, 2.05) is 30.3 Å². The Bertz CT molecular complexity index is 517. The van der Waals surface area contributed by atoms with Crippen LogP contribution < -0.4 is 0 Å². The molecule has 0 spiro atoms. The van der Waals surface area contributed by atoms with Gasteiger partial charge in [-0.1, -0.05) is 49.3 Å². The maximum Gasteiger partial charge on any atom is 0.142 e. The standard InChI is InChI=1S/C16H19NOS/c1-13(2)10-15-8-9-16(19-15)11-17-18-12-14-6-4-3-5-7-14/h3-9,11,13H,10,12H2,1-2H3. The van der Waals surface area contributed by atoms with Crippen molar-refractivity contribution in [1.82, 2.24) is 0 Å². The molecule has 0 aliphatic rings. The lowest BCUT2D eigenvalue weighted by atomic mass is 10.1. The van der Waals surface area contributed by atoms with Gasteiger partial charge in [0, 0.05) is 9.75 Å². The van der Waals surface area contributed by atoms with E-state index in [-0.39, 0.29) is 0 Å². The number of nitrogens with zero attached hydrogens (tertiary/aromatic N) is 1. The summed E-state index contributed by atoms with van der Waals surface area (Å²) in [6.45, 7) is 4.98. The zero-order valence-corrected chi connectivity index (χ0v) is 12.2. The van der Waals surface area contributed by atoms with Crippen molar-refractivity contribution in [2.75, 3.05) is 0 Å². The van der Waals surface area contributed by atoms with Crippen LogP contribution in [0.15, 0.2) is 47.6 Å². The molecule has 3 heteroatoms. The first-order valence-electron chi connectivity index (χ1n) is 6.52. The molecule has 0 atom stereocenters. The molecule has 0 aliphatic heterocycles. The Labute approximate surface area is 118 Å². The van der Waals surface area contributed by atoms with Gasteiger partial charge in [0.1, 0.15) is 6.61 Å². The Morgan fingerprint density at radius 2 is 1.95 bits per heavy atom. The van der Waals surface area contributed by atoms with E-state index in [1.165, 1.54) is 4.88 Å². The second-order valence-corrected chi connectivity index (χ2v) is 6.10. The quantitative estimate of drug-likeness (QED) is 0.561. The fraction of sp³-hybridized carbons (Fsp3) is 0.312. The van der Waals surface area contributed by atoms with Gasteiger partial charge in [-0.3, -0.25) is 0 Å². The highest BCUT2D eigenvalue weighted by Gasteiger charge is 2.01. The molecular weight excluding hydrogens is 254 g/mol. The number of oxime groups is 1. The SMILES string of the molecule is CC(C)Cc1ccc(C=NOCc2ccccc2)s1. The summed E-state index contributed by atoms with van der Waals surface area (Å²) in [5.74, 6) is 0.692. The van der Waals surface area contributed by atoms with Crippen molar-refractivity contribution in [1.29, 1.82) is 0 Å². The van der Waals surface area contributed by atoms with Crippen molar-refractivity contribution in [3.05, 3.63) is 57.8 Å². The molecular formula is C16H19NOS. The van der Waals surface area contributed by atoms with Gasteiger partial charge in [0.05, 0.1) is 6.21 Å². The van der Waals surface area contributed by atoms with Gasteiger partial charge in [0.2, 0.25) is 0 Å². The molecule has 2 aromatic rings. The number of thiophene rings is 1. The monoisotopic (exact) mass is 273 g/mol. The lowest BCUT2D eigenvalue weighted by molar-refractivity contribution is 0.132. The molecule has 0 bridgehead atoms. The molecule has 1 heterocycles. The van der Waals surface area contributed by atoms with Crippen LogP contribution in [0.3, 0.4) is 0 Å². The molecule has 0 unspecified atom stereocenters. The molecule has 2 nitrogen and oxygen atoms in total. The van der Waals surface area contributed by atoms with Crippen molar-refractivity contribution in [3.8, 4) is 0 Å². The Morgan fingerprint density at radius 1 is 1.16 bits per heavy atom. The average molecular weight is 273 g/mol. The Kier molecular flexibility index (Phi) is 5.16. The molecule has 1 aromatic heterocycles. The number of hydrogen-bond donors (Lipinski definition) is 0. The fourth-order valence-corrected chi connectivity index (χ4v) is 2.84. The maximum absolute atomic E-state index is 5.29. The summed E-state index contributed by atoms with van der Waals surface area (Å²) >= 11 is 1.78. The van der Waals surface area contributed by atoms with Gasteiger partial charge in [-0.25, -0.2) is 0 Å². The minimum Gasteiger partial charge on any atom is -0.391 e. The summed E-state index contributed by atoms with van der Waals surface area (Å²) in [7, 11) is 0. The molecule has 0 N–H and O–H groups in total. The Balaban J connectivity index is 1.81. The van der Waals surface area contributed by atoms with E-state index in [4.69, 9.17) is 4.84 Å². The third-order valence-corrected chi connectivity index (χ3v) is 3.66. The van der Waals surface area contributed by atoms with Crippen LogP contribution in [0.1, 0.15) is 29.2 Å². The molecule has 100 valence electrons. The van der Waals surface area contributed by atoms with Crippen LogP contribution in [0.25, 0.3) is 0 Å². The average Bonchev–Trinajstić information content (AvgIpc) is 2.83. The van der Waals surface area contributed by atoms with Crippen LogP contribution in [0.5, 0.6) is 0 Å². The van der Waals surface area contributed by atoms with E-state index >= 15 is 0 Å². The highest BCUT2D eigenvalue weighted by Crippen LogP contribution is 2.18. The zero-order valence-electron chi connectivity index (χ0n) is 11.4. The first-order valence-corrected chi connectivity index (χ1v) is 7.33. The van der Waals surface area contributed by atoms with Crippen LogP contribution in [-0.4, -0.2) is 6.21 Å². The highest BCUT2D eigenvalue weighted by atomic mass is 32.1. The number of rotatable bonds is 6. The molecule has 0 aliphatic carbocycles. The molecule has 0 fully saturated rings. The van der Waals surface area contributed by atoms with Crippen molar-refractivity contribution >= 4 is 17.6 Å². The van der Waals surface area contributed by atoms with Gasteiger partial charge in [0.15, 0.2) is 0 Å². The normalized spacial score (nSPS) is 11.3. The minimum absolute atomic E-state index is 0.515. The smallest absolute Gasteiger partial charge is 0.142 e.